The van der Waals surface area contributed by atoms with E-state index < -0.39 is 17.2 Å². The van der Waals surface area contributed by atoms with E-state index in [1.165, 1.54) is 0 Å². The lowest BCUT2D eigenvalue weighted by Crippen LogP contribution is -2.58. The van der Waals surface area contributed by atoms with Crippen molar-refractivity contribution in [3.05, 3.63) is 33.4 Å². The van der Waals surface area contributed by atoms with Crippen LogP contribution in [0, 0.1) is 0 Å². The van der Waals surface area contributed by atoms with Gasteiger partial charge < -0.3 is 24.4 Å². The van der Waals surface area contributed by atoms with E-state index in [1.54, 1.807) is 4.90 Å². The van der Waals surface area contributed by atoms with Crippen molar-refractivity contribution in [2.24, 2.45) is 0 Å². The van der Waals surface area contributed by atoms with Gasteiger partial charge in [0.05, 0.1) is 28.9 Å². The molecule has 0 saturated carbocycles. The second-order valence-electron chi connectivity index (χ2n) is 11.4. The number of fused-ring (bicyclic) bond motifs is 1. The lowest BCUT2D eigenvalue weighted by atomic mass is 9.91. The normalized spacial score (nSPS) is 22.3. The van der Waals surface area contributed by atoms with Crippen LogP contribution in [0.15, 0.2) is 22.8 Å². The predicted octanol–water partition coefficient (Wildman–Crippen LogP) is 7.07. The van der Waals surface area contributed by atoms with Gasteiger partial charge >= 0.3 is 12.2 Å². The van der Waals surface area contributed by atoms with E-state index in [9.17, 15) is 9.59 Å². The molecule has 0 spiro atoms. The van der Waals surface area contributed by atoms with Gasteiger partial charge in [-0.3, -0.25) is 0 Å². The Morgan fingerprint density at radius 1 is 1.33 bits per heavy atom. The van der Waals surface area contributed by atoms with E-state index in [-0.39, 0.29) is 18.9 Å². The molecular formula is C28H38BrClN4O5. The summed E-state index contributed by atoms with van der Waals surface area (Å²) in [5.74, 6) is 0. The number of carbonyl (C=O) groups excluding carboxylic acids is 2. The quantitative estimate of drug-likeness (QED) is 0.345. The van der Waals surface area contributed by atoms with E-state index in [4.69, 9.17) is 25.8 Å². The zero-order valence-corrected chi connectivity index (χ0v) is 25.4. The van der Waals surface area contributed by atoms with E-state index >= 15 is 0 Å². The lowest BCUT2D eigenvalue weighted by molar-refractivity contribution is -0.0366. The van der Waals surface area contributed by atoms with Crippen LogP contribution in [0.3, 0.4) is 0 Å². The lowest BCUT2D eigenvalue weighted by Gasteiger charge is -2.40. The summed E-state index contributed by atoms with van der Waals surface area (Å²) in [5.41, 5.74) is 0.623. The SMILES string of the molecule is CC(C)(C)OC(=O)N1CCC[C@@](C)(NC(=O)OCC/C=C\c2c(Cl)cc3c(cnn3C3CCCCO3)c2Br)C1. The van der Waals surface area contributed by atoms with Gasteiger partial charge in [0.25, 0.3) is 0 Å². The summed E-state index contributed by atoms with van der Waals surface area (Å²) in [6, 6.07) is 1.92. The maximum atomic E-state index is 12.5. The number of amides is 2. The van der Waals surface area contributed by atoms with Crippen LogP contribution in [0.4, 0.5) is 9.59 Å². The smallest absolute Gasteiger partial charge is 0.410 e. The number of nitrogens with zero attached hydrogens (tertiary/aromatic N) is 3. The fourth-order valence-corrected chi connectivity index (χ4v) is 5.98. The van der Waals surface area contributed by atoms with Crippen LogP contribution in [-0.4, -0.2) is 64.3 Å². The van der Waals surface area contributed by atoms with Crippen molar-refractivity contribution in [3.8, 4) is 0 Å². The number of nitrogens with one attached hydrogen (secondary N) is 1. The molecule has 1 aromatic carbocycles. The third-order valence-electron chi connectivity index (χ3n) is 6.81. The molecule has 39 heavy (non-hydrogen) atoms. The summed E-state index contributed by atoms with van der Waals surface area (Å²) >= 11 is 10.3. The van der Waals surface area contributed by atoms with Gasteiger partial charge in [-0.15, -0.1) is 0 Å². The molecular weight excluding hydrogens is 588 g/mol. The molecule has 1 unspecified atom stereocenters. The van der Waals surface area contributed by atoms with Crippen molar-refractivity contribution in [1.29, 1.82) is 0 Å². The highest BCUT2D eigenvalue weighted by Gasteiger charge is 2.36. The minimum absolute atomic E-state index is 0.0693. The Balaban J connectivity index is 1.29. The first kappa shape index (κ1) is 29.7. The van der Waals surface area contributed by atoms with Crippen LogP contribution >= 0.6 is 27.5 Å². The second kappa shape index (κ2) is 12.5. The molecule has 3 heterocycles. The Morgan fingerprint density at radius 3 is 2.85 bits per heavy atom. The number of piperidine rings is 1. The molecule has 0 radical (unpaired) electrons. The first-order valence-electron chi connectivity index (χ1n) is 13.5. The van der Waals surface area contributed by atoms with E-state index in [0.29, 0.717) is 24.5 Å². The number of alkyl carbamates (subject to hydrolysis) is 1. The molecule has 0 bridgehead atoms. The van der Waals surface area contributed by atoms with Crippen LogP contribution in [0.25, 0.3) is 17.0 Å². The number of benzene rings is 1. The van der Waals surface area contributed by atoms with Crippen LogP contribution in [0.1, 0.15) is 78.0 Å². The third-order valence-corrected chi connectivity index (χ3v) is 7.98. The Labute approximate surface area is 243 Å². The van der Waals surface area contributed by atoms with Gasteiger partial charge in [-0.05, 0) is 88.2 Å². The Kier molecular flexibility index (Phi) is 9.49. The van der Waals surface area contributed by atoms with Crippen molar-refractivity contribution >= 4 is 56.7 Å². The second-order valence-corrected chi connectivity index (χ2v) is 12.6. The predicted molar refractivity (Wildman–Crippen MR) is 155 cm³/mol. The summed E-state index contributed by atoms with van der Waals surface area (Å²) in [6.45, 7) is 9.36. The van der Waals surface area contributed by atoms with E-state index in [2.05, 4.69) is 26.3 Å². The summed E-state index contributed by atoms with van der Waals surface area (Å²) < 4.78 is 19.6. The molecule has 11 heteroatoms. The van der Waals surface area contributed by atoms with Crippen molar-refractivity contribution in [2.45, 2.75) is 83.6 Å². The van der Waals surface area contributed by atoms with E-state index in [0.717, 1.165) is 59.7 Å². The zero-order valence-electron chi connectivity index (χ0n) is 23.1. The minimum atomic E-state index is -0.580. The molecule has 2 amide bonds. The highest BCUT2D eigenvalue weighted by atomic mass is 79.9. The van der Waals surface area contributed by atoms with Crippen molar-refractivity contribution in [1.82, 2.24) is 20.0 Å². The molecule has 2 aliphatic rings. The Hall–Kier alpha value is -2.30. The molecule has 1 aromatic heterocycles. The molecule has 0 aliphatic carbocycles. The average molecular weight is 626 g/mol. The maximum Gasteiger partial charge on any atom is 0.410 e. The van der Waals surface area contributed by atoms with E-state index in [1.807, 2.05) is 56.8 Å². The van der Waals surface area contributed by atoms with Crippen LogP contribution in [0.2, 0.25) is 5.02 Å². The van der Waals surface area contributed by atoms with Gasteiger partial charge in [-0.1, -0.05) is 23.8 Å². The number of hydrogen-bond donors (Lipinski definition) is 1. The number of halogens is 2. The number of likely N-dealkylation sites (tertiary alicyclic amines) is 1. The summed E-state index contributed by atoms with van der Waals surface area (Å²) in [6.07, 6.45) is 9.89. The van der Waals surface area contributed by atoms with Crippen molar-refractivity contribution in [2.75, 3.05) is 26.3 Å². The molecule has 1 N–H and O–H groups in total. The molecule has 2 fully saturated rings. The molecule has 2 aromatic rings. The molecule has 4 rings (SSSR count). The molecule has 2 atom stereocenters. The molecule has 2 saturated heterocycles. The third kappa shape index (κ3) is 7.67. The highest BCUT2D eigenvalue weighted by molar-refractivity contribution is 9.10. The number of carbonyl (C=O) groups is 2. The minimum Gasteiger partial charge on any atom is -0.449 e. The first-order valence-corrected chi connectivity index (χ1v) is 14.7. The summed E-state index contributed by atoms with van der Waals surface area (Å²) in [4.78, 5) is 26.6. The summed E-state index contributed by atoms with van der Waals surface area (Å²) in [7, 11) is 0. The van der Waals surface area contributed by atoms with Crippen LogP contribution < -0.4 is 5.32 Å². The molecule has 2 aliphatic heterocycles. The van der Waals surface area contributed by atoms with Gasteiger partial charge in [0.1, 0.15) is 5.60 Å². The van der Waals surface area contributed by atoms with Gasteiger partial charge in [-0.25, -0.2) is 14.3 Å². The number of aromatic nitrogens is 2. The van der Waals surface area contributed by atoms with Gasteiger partial charge in [0.15, 0.2) is 6.23 Å². The van der Waals surface area contributed by atoms with Gasteiger partial charge in [0, 0.05) is 35.1 Å². The molecule has 214 valence electrons. The van der Waals surface area contributed by atoms with Crippen molar-refractivity contribution < 1.29 is 23.8 Å². The Bertz CT molecular complexity index is 1220. The maximum absolute atomic E-state index is 12.5. The number of hydrogen-bond acceptors (Lipinski definition) is 6. The zero-order chi connectivity index (χ0) is 28.2. The monoisotopic (exact) mass is 624 g/mol. The number of rotatable bonds is 6. The average Bonchev–Trinajstić information content (AvgIpc) is 3.28. The fraction of sp³-hybridized carbons (Fsp3) is 0.607. The molecule has 9 nitrogen and oxygen atoms in total. The van der Waals surface area contributed by atoms with Crippen LogP contribution in [0.5, 0.6) is 0 Å². The fourth-order valence-electron chi connectivity index (χ4n) is 4.96. The standard InChI is InChI=1S/C28H38BrClN4O5/c1-27(2,3)39-26(36)33-13-9-12-28(4,18-33)32-25(35)38-15-7-5-10-19-21(30)16-22-20(24(19)29)17-31-34(22)23-11-6-8-14-37-23/h5,10,16-17,23H,6-9,11-15,18H2,1-4H3,(H,32,35)/b10-5-/t23?,28-/m1/s1. The first-order chi connectivity index (χ1) is 18.5. The van der Waals surface area contributed by atoms with Gasteiger partial charge in [-0.2, -0.15) is 5.10 Å². The van der Waals surface area contributed by atoms with Crippen molar-refractivity contribution in [3.63, 3.8) is 0 Å². The van der Waals surface area contributed by atoms with Gasteiger partial charge in [0.2, 0.25) is 0 Å². The Morgan fingerprint density at radius 2 is 2.13 bits per heavy atom. The topological polar surface area (TPSA) is 94.9 Å². The number of ether oxygens (including phenoxy) is 3. The highest BCUT2D eigenvalue weighted by Crippen LogP contribution is 2.36. The summed E-state index contributed by atoms with van der Waals surface area (Å²) in [5, 5.41) is 9.06. The van der Waals surface area contributed by atoms with Crippen LogP contribution in [-0.2, 0) is 14.2 Å². The largest absolute Gasteiger partial charge is 0.449 e.